The highest BCUT2D eigenvalue weighted by atomic mass is 31.1. The molecule has 0 aliphatic heterocycles. The number of carboxylic acids is 1. The first kappa shape index (κ1) is 11.0. The standard InChI is InChI=1S/C9H11O4P/c10-9(11)6-5-7-3-1-2-4-8(7)14(12)13/h1-4,14H,5-6H2,(H,10,11)(H,12,13). The summed E-state index contributed by atoms with van der Waals surface area (Å²) in [7, 11) is -2.73. The highest BCUT2D eigenvalue weighted by Crippen LogP contribution is 2.16. The van der Waals surface area contributed by atoms with E-state index in [1.807, 2.05) is 0 Å². The third kappa shape index (κ3) is 2.98. The first-order valence-electron chi connectivity index (χ1n) is 4.14. The molecule has 0 fully saturated rings. The summed E-state index contributed by atoms with van der Waals surface area (Å²) in [5, 5.41) is 8.83. The average Bonchev–Trinajstić information content (AvgIpc) is 2.15. The number of hydrogen-bond acceptors (Lipinski definition) is 2. The zero-order valence-electron chi connectivity index (χ0n) is 7.43. The fraction of sp³-hybridized carbons (Fsp3) is 0.222. The first-order valence-corrected chi connectivity index (χ1v) is 5.50. The molecule has 1 unspecified atom stereocenters. The SMILES string of the molecule is O=C(O)CCc1ccccc1[PH](=O)O. The minimum Gasteiger partial charge on any atom is -0.481 e. The van der Waals surface area contributed by atoms with E-state index in [1.54, 1.807) is 24.3 Å². The van der Waals surface area contributed by atoms with Gasteiger partial charge in [0.25, 0.3) is 0 Å². The molecule has 0 bridgehead atoms. The molecule has 1 aromatic rings. The molecule has 0 heterocycles. The summed E-state index contributed by atoms with van der Waals surface area (Å²) in [4.78, 5) is 19.3. The summed E-state index contributed by atoms with van der Waals surface area (Å²) < 4.78 is 10.9. The topological polar surface area (TPSA) is 74.6 Å². The maximum absolute atomic E-state index is 10.9. The van der Waals surface area contributed by atoms with Gasteiger partial charge in [0.05, 0.1) is 0 Å². The molecular weight excluding hydrogens is 203 g/mol. The van der Waals surface area contributed by atoms with Crippen LogP contribution in [0.4, 0.5) is 0 Å². The molecule has 0 aliphatic rings. The predicted octanol–water partition coefficient (Wildman–Crippen LogP) is 0.796. The molecule has 5 heteroatoms. The van der Waals surface area contributed by atoms with Crippen LogP contribution in [0.15, 0.2) is 24.3 Å². The molecule has 0 aromatic heterocycles. The number of rotatable bonds is 4. The summed E-state index contributed by atoms with van der Waals surface area (Å²) in [6.07, 6.45) is 0.272. The Bertz CT molecular complexity index is 362. The second kappa shape index (κ2) is 4.94. The molecule has 0 saturated carbocycles. The van der Waals surface area contributed by atoms with E-state index >= 15 is 0 Å². The molecule has 0 aliphatic carbocycles. The molecule has 1 aromatic carbocycles. The second-order valence-electron chi connectivity index (χ2n) is 2.86. The highest BCUT2D eigenvalue weighted by Gasteiger charge is 2.07. The van der Waals surface area contributed by atoms with Crippen molar-refractivity contribution in [2.45, 2.75) is 12.8 Å². The Hall–Kier alpha value is -1.12. The molecule has 76 valence electrons. The monoisotopic (exact) mass is 214 g/mol. The Labute approximate surface area is 82.1 Å². The molecule has 0 radical (unpaired) electrons. The van der Waals surface area contributed by atoms with Crippen LogP contribution in [0.25, 0.3) is 0 Å². The van der Waals surface area contributed by atoms with Gasteiger partial charge in [-0.1, -0.05) is 18.2 Å². The van der Waals surface area contributed by atoms with E-state index in [0.717, 1.165) is 0 Å². The van der Waals surface area contributed by atoms with Crippen LogP contribution in [0.1, 0.15) is 12.0 Å². The van der Waals surface area contributed by atoms with E-state index < -0.39 is 14.0 Å². The maximum atomic E-state index is 10.9. The van der Waals surface area contributed by atoms with Gasteiger partial charge in [0.15, 0.2) is 0 Å². The second-order valence-corrected chi connectivity index (χ2v) is 4.01. The Morgan fingerprint density at radius 1 is 1.36 bits per heavy atom. The normalized spacial score (nSPS) is 12.4. The lowest BCUT2D eigenvalue weighted by Gasteiger charge is -2.04. The molecule has 2 N–H and O–H groups in total. The van der Waals surface area contributed by atoms with Crippen LogP contribution in [0.5, 0.6) is 0 Å². The number of hydrogen-bond donors (Lipinski definition) is 2. The molecule has 0 spiro atoms. The zero-order chi connectivity index (χ0) is 10.6. The van der Waals surface area contributed by atoms with E-state index in [-0.39, 0.29) is 6.42 Å². The number of benzene rings is 1. The van der Waals surface area contributed by atoms with Gasteiger partial charge < -0.3 is 10.00 Å². The van der Waals surface area contributed by atoms with Crippen molar-refractivity contribution in [1.29, 1.82) is 0 Å². The van der Waals surface area contributed by atoms with Crippen LogP contribution >= 0.6 is 8.03 Å². The van der Waals surface area contributed by atoms with Gasteiger partial charge in [0.2, 0.25) is 8.03 Å². The van der Waals surface area contributed by atoms with Crippen LogP contribution in [-0.2, 0) is 15.8 Å². The molecule has 1 rings (SSSR count). The molecule has 0 saturated heterocycles. The summed E-state index contributed by atoms with van der Waals surface area (Å²) in [6.45, 7) is 0. The zero-order valence-corrected chi connectivity index (χ0v) is 8.43. The summed E-state index contributed by atoms with van der Waals surface area (Å²) in [5.74, 6) is -0.905. The Morgan fingerprint density at radius 2 is 2.00 bits per heavy atom. The van der Waals surface area contributed by atoms with Gasteiger partial charge in [-0.05, 0) is 18.1 Å². The van der Waals surface area contributed by atoms with Gasteiger partial charge >= 0.3 is 5.97 Å². The minimum atomic E-state index is -2.73. The van der Waals surface area contributed by atoms with E-state index in [2.05, 4.69) is 0 Å². The van der Waals surface area contributed by atoms with E-state index in [0.29, 0.717) is 17.3 Å². The smallest absolute Gasteiger partial charge is 0.303 e. The number of aryl methyl sites for hydroxylation is 1. The quantitative estimate of drug-likeness (QED) is 0.727. The third-order valence-electron chi connectivity index (χ3n) is 1.86. The Morgan fingerprint density at radius 3 is 2.57 bits per heavy atom. The molecular formula is C9H11O4P. The van der Waals surface area contributed by atoms with Gasteiger partial charge in [-0.2, -0.15) is 0 Å². The van der Waals surface area contributed by atoms with Crippen LogP contribution in [-0.4, -0.2) is 16.0 Å². The maximum Gasteiger partial charge on any atom is 0.303 e. The van der Waals surface area contributed by atoms with E-state index in [9.17, 15) is 9.36 Å². The van der Waals surface area contributed by atoms with Gasteiger partial charge in [-0.3, -0.25) is 9.36 Å². The summed E-state index contributed by atoms with van der Waals surface area (Å²) >= 11 is 0. The van der Waals surface area contributed by atoms with Crippen molar-refractivity contribution in [1.82, 2.24) is 0 Å². The number of aliphatic carboxylic acids is 1. The van der Waals surface area contributed by atoms with Crippen LogP contribution in [0.2, 0.25) is 0 Å². The number of carboxylic acid groups (broad SMARTS) is 1. The molecule has 4 nitrogen and oxygen atoms in total. The van der Waals surface area contributed by atoms with Gasteiger partial charge in [-0.25, -0.2) is 0 Å². The van der Waals surface area contributed by atoms with E-state index in [1.165, 1.54) is 0 Å². The van der Waals surface area contributed by atoms with Crippen molar-refractivity contribution in [3.05, 3.63) is 29.8 Å². The third-order valence-corrected chi connectivity index (χ3v) is 2.80. The molecule has 1 atom stereocenters. The predicted molar refractivity (Wildman–Crippen MR) is 53.3 cm³/mol. The average molecular weight is 214 g/mol. The fourth-order valence-corrected chi connectivity index (χ4v) is 1.91. The largest absolute Gasteiger partial charge is 0.481 e. The van der Waals surface area contributed by atoms with Crippen LogP contribution < -0.4 is 5.30 Å². The van der Waals surface area contributed by atoms with Crippen molar-refractivity contribution in [2.75, 3.05) is 0 Å². The Kier molecular flexibility index (Phi) is 3.86. The van der Waals surface area contributed by atoms with Crippen molar-refractivity contribution in [2.24, 2.45) is 0 Å². The lowest BCUT2D eigenvalue weighted by atomic mass is 10.1. The van der Waals surface area contributed by atoms with Gasteiger partial charge in [0.1, 0.15) is 0 Å². The van der Waals surface area contributed by atoms with Crippen LogP contribution in [0.3, 0.4) is 0 Å². The summed E-state index contributed by atoms with van der Waals surface area (Å²) in [6, 6.07) is 6.62. The lowest BCUT2D eigenvalue weighted by Crippen LogP contribution is -2.07. The first-order chi connectivity index (χ1) is 6.61. The van der Waals surface area contributed by atoms with Crippen molar-refractivity contribution < 1.29 is 19.4 Å². The van der Waals surface area contributed by atoms with Crippen molar-refractivity contribution >= 4 is 19.3 Å². The number of carbonyl (C=O) groups is 1. The highest BCUT2D eigenvalue weighted by molar-refractivity contribution is 7.47. The molecule has 0 amide bonds. The molecule has 14 heavy (non-hydrogen) atoms. The summed E-state index contributed by atoms with van der Waals surface area (Å²) in [5.41, 5.74) is 0.640. The van der Waals surface area contributed by atoms with Crippen molar-refractivity contribution in [3.63, 3.8) is 0 Å². The van der Waals surface area contributed by atoms with Crippen LogP contribution in [0, 0.1) is 0 Å². The van der Waals surface area contributed by atoms with Crippen molar-refractivity contribution in [3.8, 4) is 0 Å². The van der Waals surface area contributed by atoms with E-state index in [4.69, 9.17) is 10.00 Å². The Balaban J connectivity index is 2.84. The minimum absolute atomic E-state index is 0.0217. The van der Waals surface area contributed by atoms with Gasteiger partial charge in [0, 0.05) is 11.7 Å². The van der Waals surface area contributed by atoms with Gasteiger partial charge in [-0.15, -0.1) is 0 Å². The fourth-order valence-electron chi connectivity index (χ4n) is 1.19. The lowest BCUT2D eigenvalue weighted by molar-refractivity contribution is -0.136.